The smallest absolute Gasteiger partial charge is 0.223 e. The average molecular weight is 309 g/mol. The van der Waals surface area contributed by atoms with E-state index in [0.717, 1.165) is 24.6 Å². The van der Waals surface area contributed by atoms with Crippen molar-refractivity contribution in [2.45, 2.75) is 44.2 Å². The molecule has 1 aliphatic carbocycles. The van der Waals surface area contributed by atoms with Crippen molar-refractivity contribution >= 4 is 17.6 Å². The summed E-state index contributed by atoms with van der Waals surface area (Å²) in [7, 11) is 0. The van der Waals surface area contributed by atoms with Crippen molar-refractivity contribution in [1.82, 2.24) is 9.97 Å². The van der Waals surface area contributed by atoms with Crippen LogP contribution in [-0.2, 0) is 0 Å². The summed E-state index contributed by atoms with van der Waals surface area (Å²) in [6.45, 7) is 3.27. The standard InChI is InChI=1S/C18H23N5/c1-12-15(13-5-3-2-4-6-13)9-10-23(12)17-11-16(20-14-7-8-14)21-18(19)22-17/h2-6,11-12,14-15H,7-10H2,1H3,(H3,19,20,21,22)/t12-,15+/m0/s1. The lowest BCUT2D eigenvalue weighted by Crippen LogP contribution is -2.30. The van der Waals surface area contributed by atoms with E-state index < -0.39 is 0 Å². The summed E-state index contributed by atoms with van der Waals surface area (Å²) in [5.41, 5.74) is 7.33. The molecule has 2 aromatic rings. The maximum absolute atomic E-state index is 5.93. The molecule has 0 bridgehead atoms. The van der Waals surface area contributed by atoms with E-state index in [2.05, 4.69) is 57.4 Å². The lowest BCUT2D eigenvalue weighted by molar-refractivity contribution is 0.632. The Bertz CT molecular complexity index is 683. The number of nitrogens with two attached hydrogens (primary N) is 1. The highest BCUT2D eigenvalue weighted by atomic mass is 15.3. The summed E-state index contributed by atoms with van der Waals surface area (Å²) in [4.78, 5) is 11.1. The second-order valence-electron chi connectivity index (χ2n) is 6.63. The molecule has 3 N–H and O–H groups in total. The number of aromatic nitrogens is 2. The van der Waals surface area contributed by atoms with Gasteiger partial charge in [-0.1, -0.05) is 30.3 Å². The number of nitrogens with zero attached hydrogens (tertiary/aromatic N) is 3. The molecule has 0 spiro atoms. The second-order valence-corrected chi connectivity index (χ2v) is 6.63. The molecular formula is C18H23N5. The van der Waals surface area contributed by atoms with E-state index in [1.165, 1.54) is 18.4 Å². The average Bonchev–Trinajstić information content (AvgIpc) is 3.27. The zero-order valence-corrected chi connectivity index (χ0v) is 13.4. The third-order valence-electron chi connectivity index (χ3n) is 4.94. The Labute approximate surface area is 136 Å². The zero-order valence-electron chi connectivity index (χ0n) is 13.4. The lowest BCUT2D eigenvalue weighted by Gasteiger charge is -2.26. The maximum atomic E-state index is 5.93. The highest BCUT2D eigenvalue weighted by Gasteiger charge is 2.33. The fourth-order valence-corrected chi connectivity index (χ4v) is 3.52. The number of anilines is 3. The molecule has 1 saturated heterocycles. The van der Waals surface area contributed by atoms with Crippen molar-refractivity contribution in [3.8, 4) is 0 Å². The Balaban J connectivity index is 1.57. The summed E-state index contributed by atoms with van der Waals surface area (Å²) >= 11 is 0. The molecule has 2 heterocycles. The lowest BCUT2D eigenvalue weighted by atomic mass is 9.93. The van der Waals surface area contributed by atoms with E-state index in [9.17, 15) is 0 Å². The van der Waals surface area contributed by atoms with Crippen molar-refractivity contribution in [1.29, 1.82) is 0 Å². The summed E-state index contributed by atoms with van der Waals surface area (Å²) in [5, 5.41) is 3.42. The molecule has 5 heteroatoms. The SMILES string of the molecule is C[C@H]1[C@H](c2ccccc2)CCN1c1cc(NC2CC2)nc(N)n1. The van der Waals surface area contributed by atoms with E-state index in [-0.39, 0.29) is 0 Å². The summed E-state index contributed by atoms with van der Waals surface area (Å²) < 4.78 is 0. The maximum Gasteiger partial charge on any atom is 0.223 e. The van der Waals surface area contributed by atoms with Crippen molar-refractivity contribution in [2.75, 3.05) is 22.5 Å². The van der Waals surface area contributed by atoms with Gasteiger partial charge < -0.3 is 16.0 Å². The highest BCUT2D eigenvalue weighted by Crippen LogP contribution is 2.36. The molecule has 1 aromatic carbocycles. The Morgan fingerprint density at radius 2 is 1.91 bits per heavy atom. The van der Waals surface area contributed by atoms with Gasteiger partial charge >= 0.3 is 0 Å². The number of hydrogen-bond acceptors (Lipinski definition) is 5. The van der Waals surface area contributed by atoms with Crippen LogP contribution < -0.4 is 16.0 Å². The summed E-state index contributed by atoms with van der Waals surface area (Å²) in [6, 6.07) is 13.7. The third kappa shape index (κ3) is 2.96. The minimum atomic E-state index is 0.348. The van der Waals surface area contributed by atoms with Crippen LogP contribution >= 0.6 is 0 Å². The van der Waals surface area contributed by atoms with Crippen LogP contribution in [0.4, 0.5) is 17.6 Å². The van der Waals surface area contributed by atoms with Crippen LogP contribution in [0.25, 0.3) is 0 Å². The Hall–Kier alpha value is -2.30. The van der Waals surface area contributed by atoms with Crippen LogP contribution in [0.3, 0.4) is 0 Å². The molecule has 1 saturated carbocycles. The van der Waals surface area contributed by atoms with Crippen molar-refractivity contribution in [3.05, 3.63) is 42.0 Å². The molecule has 5 nitrogen and oxygen atoms in total. The molecule has 120 valence electrons. The van der Waals surface area contributed by atoms with Crippen molar-refractivity contribution in [3.63, 3.8) is 0 Å². The van der Waals surface area contributed by atoms with Gasteiger partial charge in [0.2, 0.25) is 5.95 Å². The van der Waals surface area contributed by atoms with Gasteiger partial charge in [-0.15, -0.1) is 0 Å². The Morgan fingerprint density at radius 3 is 2.65 bits per heavy atom. The molecule has 2 atom stereocenters. The molecule has 0 unspecified atom stereocenters. The van der Waals surface area contributed by atoms with Gasteiger partial charge in [0.25, 0.3) is 0 Å². The minimum Gasteiger partial charge on any atom is -0.368 e. The van der Waals surface area contributed by atoms with Gasteiger partial charge in [-0.05, 0) is 31.7 Å². The van der Waals surface area contributed by atoms with Crippen LogP contribution in [-0.4, -0.2) is 28.6 Å². The van der Waals surface area contributed by atoms with Gasteiger partial charge in [-0.3, -0.25) is 0 Å². The van der Waals surface area contributed by atoms with Crippen LogP contribution in [0.2, 0.25) is 0 Å². The molecule has 0 radical (unpaired) electrons. The predicted molar refractivity (Wildman–Crippen MR) is 93.7 cm³/mol. The highest BCUT2D eigenvalue weighted by molar-refractivity contribution is 5.55. The molecule has 1 aromatic heterocycles. The van der Waals surface area contributed by atoms with Crippen LogP contribution in [0, 0.1) is 0 Å². The van der Waals surface area contributed by atoms with Gasteiger partial charge in [0, 0.05) is 30.6 Å². The molecule has 1 aliphatic heterocycles. The van der Waals surface area contributed by atoms with E-state index in [1.54, 1.807) is 0 Å². The molecular weight excluding hydrogens is 286 g/mol. The number of hydrogen-bond donors (Lipinski definition) is 2. The van der Waals surface area contributed by atoms with Crippen LogP contribution in [0.1, 0.15) is 37.7 Å². The molecule has 2 fully saturated rings. The largest absolute Gasteiger partial charge is 0.368 e. The molecule has 2 aliphatic rings. The number of benzene rings is 1. The van der Waals surface area contributed by atoms with Crippen LogP contribution in [0.15, 0.2) is 36.4 Å². The first-order valence-corrected chi connectivity index (χ1v) is 8.43. The normalized spacial score (nSPS) is 24.0. The quantitative estimate of drug-likeness (QED) is 0.908. The Morgan fingerprint density at radius 1 is 1.13 bits per heavy atom. The van der Waals surface area contributed by atoms with E-state index in [1.807, 2.05) is 6.07 Å². The number of nitrogens with one attached hydrogen (secondary N) is 1. The second kappa shape index (κ2) is 5.72. The zero-order chi connectivity index (χ0) is 15.8. The fourth-order valence-electron chi connectivity index (χ4n) is 3.52. The number of rotatable bonds is 4. The van der Waals surface area contributed by atoms with Gasteiger partial charge in [0.05, 0.1) is 0 Å². The van der Waals surface area contributed by atoms with Gasteiger partial charge in [0.1, 0.15) is 11.6 Å². The topological polar surface area (TPSA) is 67.1 Å². The summed E-state index contributed by atoms with van der Waals surface area (Å²) in [5.74, 6) is 2.67. The monoisotopic (exact) mass is 309 g/mol. The minimum absolute atomic E-state index is 0.348. The van der Waals surface area contributed by atoms with Gasteiger partial charge in [-0.2, -0.15) is 9.97 Å². The third-order valence-corrected chi connectivity index (χ3v) is 4.94. The molecule has 23 heavy (non-hydrogen) atoms. The fraction of sp³-hybridized carbons (Fsp3) is 0.444. The van der Waals surface area contributed by atoms with E-state index in [0.29, 0.717) is 23.9 Å². The van der Waals surface area contributed by atoms with Crippen LogP contribution in [0.5, 0.6) is 0 Å². The number of nitrogen functional groups attached to an aromatic ring is 1. The first-order chi connectivity index (χ1) is 11.2. The first-order valence-electron chi connectivity index (χ1n) is 8.43. The van der Waals surface area contributed by atoms with Crippen molar-refractivity contribution in [2.24, 2.45) is 0 Å². The van der Waals surface area contributed by atoms with E-state index >= 15 is 0 Å². The summed E-state index contributed by atoms with van der Waals surface area (Å²) in [6.07, 6.45) is 3.57. The molecule has 4 rings (SSSR count). The Kier molecular flexibility index (Phi) is 3.56. The molecule has 0 amide bonds. The predicted octanol–water partition coefficient (Wildman–Crippen LogP) is 3.02. The van der Waals surface area contributed by atoms with E-state index in [4.69, 9.17) is 5.73 Å². The van der Waals surface area contributed by atoms with Gasteiger partial charge in [-0.25, -0.2) is 0 Å². The first kappa shape index (κ1) is 14.3. The van der Waals surface area contributed by atoms with Gasteiger partial charge in [0.15, 0.2) is 0 Å². The van der Waals surface area contributed by atoms with Crippen molar-refractivity contribution < 1.29 is 0 Å².